The normalized spacial score (nSPS) is 35.9. The molecule has 2 aromatic rings. The molecule has 1 aromatic carbocycles. The lowest BCUT2D eigenvalue weighted by atomic mass is 9.61. The number of aromatic nitrogens is 1. The smallest absolute Gasteiger partial charge is 0.0547 e. The molecule has 4 aliphatic heterocycles. The van der Waals surface area contributed by atoms with Gasteiger partial charge in [-0.1, -0.05) is 18.2 Å². The van der Waals surface area contributed by atoms with E-state index in [4.69, 9.17) is 0 Å². The first-order valence-electron chi connectivity index (χ1n) is 9.50. The zero-order chi connectivity index (χ0) is 15.0. The van der Waals surface area contributed by atoms with Crippen molar-refractivity contribution in [1.29, 1.82) is 0 Å². The zero-order valence-electron chi connectivity index (χ0n) is 14.4. The third kappa shape index (κ3) is 2.32. The van der Waals surface area contributed by atoms with Gasteiger partial charge in [-0.3, -0.25) is 4.90 Å². The Kier molecular flexibility index (Phi) is 4.56. The summed E-state index contributed by atoms with van der Waals surface area (Å²) in [7, 11) is 0. The first kappa shape index (κ1) is 17.7. The number of aromatic amines is 1. The van der Waals surface area contributed by atoms with Crippen LogP contribution in [0.2, 0.25) is 0 Å². The molecule has 4 fully saturated rings. The van der Waals surface area contributed by atoms with Crippen molar-refractivity contribution < 1.29 is 0 Å². The topological polar surface area (TPSA) is 31.1 Å². The maximum atomic E-state index is 3.91. The van der Waals surface area contributed by atoms with E-state index in [9.17, 15) is 0 Å². The average Bonchev–Trinajstić information content (AvgIpc) is 3.01. The number of nitrogens with zero attached hydrogens (tertiary/aromatic N) is 1. The molecule has 3 saturated heterocycles. The largest absolute Gasteiger partial charge is 0.357 e. The highest BCUT2D eigenvalue weighted by Crippen LogP contribution is 2.54. The second kappa shape index (κ2) is 6.45. The van der Waals surface area contributed by atoms with E-state index in [0.29, 0.717) is 6.04 Å². The minimum absolute atomic E-state index is 0. The van der Waals surface area contributed by atoms with Crippen LogP contribution in [-0.2, 0) is 6.42 Å². The van der Waals surface area contributed by atoms with E-state index in [1.807, 2.05) is 0 Å². The molecule has 136 valence electrons. The molecular formula is C20H27Cl2N3. The molecule has 1 aliphatic carbocycles. The van der Waals surface area contributed by atoms with Crippen LogP contribution in [0.4, 0.5) is 0 Å². The second-order valence-corrected chi connectivity index (χ2v) is 8.09. The number of benzene rings is 1. The average molecular weight is 380 g/mol. The van der Waals surface area contributed by atoms with E-state index in [1.54, 1.807) is 11.3 Å². The van der Waals surface area contributed by atoms with Gasteiger partial charge in [-0.05, 0) is 62.1 Å². The Hall–Kier alpha value is -0.740. The Labute approximate surface area is 161 Å². The van der Waals surface area contributed by atoms with Crippen LogP contribution in [-0.4, -0.2) is 35.1 Å². The fraction of sp³-hybridized carbons (Fsp3) is 0.600. The van der Waals surface area contributed by atoms with Crippen LogP contribution >= 0.6 is 24.8 Å². The van der Waals surface area contributed by atoms with Crippen molar-refractivity contribution in [3.63, 3.8) is 0 Å². The summed E-state index contributed by atoms with van der Waals surface area (Å²) in [5.41, 5.74) is 4.51. The highest BCUT2D eigenvalue weighted by Gasteiger charge is 2.55. The first-order valence-corrected chi connectivity index (χ1v) is 9.50. The van der Waals surface area contributed by atoms with Gasteiger partial charge in [0.15, 0.2) is 0 Å². The van der Waals surface area contributed by atoms with Gasteiger partial charge in [-0.25, -0.2) is 0 Å². The molecule has 5 heterocycles. The number of para-hydroxylation sites is 1. The monoisotopic (exact) mass is 379 g/mol. The molecule has 5 atom stereocenters. The Morgan fingerprint density at radius 3 is 2.80 bits per heavy atom. The predicted octanol–water partition coefficient (Wildman–Crippen LogP) is 4.07. The maximum Gasteiger partial charge on any atom is 0.0547 e. The summed E-state index contributed by atoms with van der Waals surface area (Å²) in [6, 6.07) is 11.1. The molecule has 7 rings (SSSR count). The quantitative estimate of drug-likeness (QED) is 0.722. The van der Waals surface area contributed by atoms with E-state index >= 15 is 0 Å². The van der Waals surface area contributed by atoms with E-state index < -0.39 is 0 Å². The summed E-state index contributed by atoms with van der Waals surface area (Å²) < 4.78 is 0. The lowest BCUT2D eigenvalue weighted by Crippen LogP contribution is -2.67. The maximum absolute atomic E-state index is 3.91. The molecule has 1 saturated carbocycles. The van der Waals surface area contributed by atoms with Crippen LogP contribution in [0.5, 0.6) is 0 Å². The standard InChI is InChI=1S/C20H25N3.2ClH/c1-2-6-16-12(4-1)13-9-11-23-17-8-7-15(20(23)19(13)22-16)18-14(17)5-3-10-21-18;;/h1-2,4,6,14-15,17-18,20-22H,3,5,7-11H2;2*1H. The molecule has 5 aliphatic rings. The van der Waals surface area contributed by atoms with Gasteiger partial charge >= 0.3 is 0 Å². The number of nitrogens with one attached hydrogen (secondary N) is 2. The molecule has 1 aromatic heterocycles. The first-order chi connectivity index (χ1) is 11.4. The van der Waals surface area contributed by atoms with Gasteiger partial charge in [0.1, 0.15) is 0 Å². The van der Waals surface area contributed by atoms with Gasteiger partial charge in [-0.2, -0.15) is 0 Å². The molecule has 5 heteroatoms. The lowest BCUT2D eigenvalue weighted by Gasteiger charge is -2.61. The van der Waals surface area contributed by atoms with Crippen LogP contribution < -0.4 is 5.32 Å². The number of fused-ring (bicyclic) bond motifs is 4. The highest BCUT2D eigenvalue weighted by atomic mass is 35.5. The van der Waals surface area contributed by atoms with Gasteiger partial charge in [-0.15, -0.1) is 24.8 Å². The third-order valence-electron chi connectivity index (χ3n) is 7.26. The molecule has 2 bridgehead atoms. The molecular weight excluding hydrogens is 353 g/mol. The van der Waals surface area contributed by atoms with Crippen LogP contribution in [0.15, 0.2) is 24.3 Å². The van der Waals surface area contributed by atoms with Gasteiger partial charge in [0.2, 0.25) is 0 Å². The summed E-state index contributed by atoms with van der Waals surface area (Å²) in [4.78, 5) is 6.72. The zero-order valence-corrected chi connectivity index (χ0v) is 16.0. The summed E-state index contributed by atoms with van der Waals surface area (Å²) >= 11 is 0. The lowest BCUT2D eigenvalue weighted by molar-refractivity contribution is -0.0920. The number of halogens is 2. The van der Waals surface area contributed by atoms with Crippen molar-refractivity contribution in [2.45, 2.75) is 50.2 Å². The van der Waals surface area contributed by atoms with Gasteiger partial charge in [0.05, 0.1) is 6.04 Å². The molecule has 3 nitrogen and oxygen atoms in total. The fourth-order valence-electron chi connectivity index (χ4n) is 6.48. The van der Waals surface area contributed by atoms with Crippen molar-refractivity contribution >= 4 is 35.7 Å². The minimum Gasteiger partial charge on any atom is -0.357 e. The molecule has 5 unspecified atom stereocenters. The molecule has 2 N–H and O–H groups in total. The van der Waals surface area contributed by atoms with Gasteiger partial charge < -0.3 is 10.3 Å². The summed E-state index contributed by atoms with van der Waals surface area (Å²) in [6.45, 7) is 2.50. The van der Waals surface area contributed by atoms with Gasteiger partial charge in [0.25, 0.3) is 0 Å². The second-order valence-electron chi connectivity index (χ2n) is 8.09. The number of piperidine rings is 3. The van der Waals surface area contributed by atoms with Crippen molar-refractivity contribution in [3.8, 4) is 0 Å². The SMILES string of the molecule is Cl.Cl.c1ccc2c3c([nH]c2c1)C1C2CCC(C4CCCNC42)N1CC3. The van der Waals surface area contributed by atoms with E-state index in [0.717, 1.165) is 23.9 Å². The van der Waals surface area contributed by atoms with Crippen LogP contribution in [0.3, 0.4) is 0 Å². The number of H-pyrrole nitrogens is 1. The highest BCUT2D eigenvalue weighted by molar-refractivity contribution is 5.86. The van der Waals surface area contributed by atoms with Crippen molar-refractivity contribution in [1.82, 2.24) is 15.2 Å². The molecule has 0 radical (unpaired) electrons. The number of hydrogen-bond donors (Lipinski definition) is 2. The summed E-state index contributed by atoms with van der Waals surface area (Å²) in [5.74, 6) is 1.71. The van der Waals surface area contributed by atoms with Crippen molar-refractivity contribution in [2.24, 2.45) is 11.8 Å². The summed E-state index contributed by atoms with van der Waals surface area (Å²) in [5, 5.41) is 5.38. The Morgan fingerprint density at radius 2 is 1.88 bits per heavy atom. The van der Waals surface area contributed by atoms with Crippen LogP contribution in [0.1, 0.15) is 43.0 Å². The Morgan fingerprint density at radius 1 is 1.00 bits per heavy atom. The van der Waals surface area contributed by atoms with E-state index in [-0.39, 0.29) is 24.8 Å². The fourth-order valence-corrected chi connectivity index (χ4v) is 6.48. The van der Waals surface area contributed by atoms with Crippen molar-refractivity contribution in [3.05, 3.63) is 35.5 Å². The molecule has 0 amide bonds. The predicted molar refractivity (Wildman–Crippen MR) is 107 cm³/mol. The van der Waals surface area contributed by atoms with Crippen LogP contribution in [0, 0.1) is 11.8 Å². The number of hydrogen-bond acceptors (Lipinski definition) is 2. The Balaban J connectivity index is 0.000000784. The molecule has 25 heavy (non-hydrogen) atoms. The van der Waals surface area contributed by atoms with E-state index in [2.05, 4.69) is 39.5 Å². The molecule has 0 spiro atoms. The number of rotatable bonds is 0. The van der Waals surface area contributed by atoms with Gasteiger partial charge in [0, 0.05) is 35.2 Å². The van der Waals surface area contributed by atoms with E-state index in [1.165, 1.54) is 56.1 Å². The Bertz CT molecular complexity index is 773. The summed E-state index contributed by atoms with van der Waals surface area (Å²) in [6.07, 6.45) is 6.89. The van der Waals surface area contributed by atoms with Crippen LogP contribution in [0.25, 0.3) is 10.9 Å². The third-order valence-corrected chi connectivity index (χ3v) is 7.26. The minimum atomic E-state index is 0. The van der Waals surface area contributed by atoms with Crippen molar-refractivity contribution in [2.75, 3.05) is 13.1 Å².